The summed E-state index contributed by atoms with van der Waals surface area (Å²) in [5.41, 5.74) is 0.256. The van der Waals surface area contributed by atoms with Crippen LogP contribution in [0.25, 0.3) is 0 Å². The van der Waals surface area contributed by atoms with E-state index in [1.54, 1.807) is 0 Å². The Hall–Kier alpha value is -1.56. The molecule has 0 bridgehead atoms. The van der Waals surface area contributed by atoms with Gasteiger partial charge in [-0.1, -0.05) is 48.5 Å². The lowest BCUT2D eigenvalue weighted by Gasteiger charge is -2.22. The van der Waals surface area contributed by atoms with E-state index in [1.807, 2.05) is 13.8 Å². The molecule has 0 aliphatic heterocycles. The Morgan fingerprint density at radius 1 is 1.41 bits per heavy atom. The summed E-state index contributed by atoms with van der Waals surface area (Å²) in [6.45, 7) is 3.62. The van der Waals surface area contributed by atoms with Crippen LogP contribution in [0.1, 0.15) is 13.8 Å². The molecule has 148 valence electrons. The monoisotopic (exact) mass is 450 g/mol. The Morgan fingerprint density at radius 2 is 2.11 bits per heavy atom. The van der Waals surface area contributed by atoms with Crippen LogP contribution in [0, 0.1) is 0 Å². The van der Waals surface area contributed by atoms with Gasteiger partial charge in [-0.2, -0.15) is 0 Å². The van der Waals surface area contributed by atoms with Gasteiger partial charge >= 0.3 is 0 Å². The zero-order valence-corrected chi connectivity index (χ0v) is 18.3. The fourth-order valence-corrected chi connectivity index (χ4v) is 5.10. The van der Waals surface area contributed by atoms with Gasteiger partial charge in [0.25, 0.3) is 0 Å². The molecule has 1 aromatic heterocycles. The highest BCUT2D eigenvalue weighted by Gasteiger charge is 2.22. The predicted octanol–water partition coefficient (Wildman–Crippen LogP) is 3.11. The zero-order chi connectivity index (χ0) is 20.2. The van der Waals surface area contributed by atoms with Gasteiger partial charge in [0.05, 0.1) is 24.1 Å². The maximum atomic E-state index is 12.3. The van der Waals surface area contributed by atoms with Crippen molar-refractivity contribution in [1.82, 2.24) is 10.2 Å². The van der Waals surface area contributed by atoms with E-state index in [9.17, 15) is 13.2 Å². The van der Waals surface area contributed by atoms with Gasteiger partial charge in [-0.25, -0.2) is 8.42 Å². The number of methoxy groups -OCH3 is 1. The van der Waals surface area contributed by atoms with Crippen LogP contribution in [0.3, 0.4) is 0 Å². The number of amides is 1. The highest BCUT2D eigenvalue weighted by molar-refractivity contribution is 8.01. The van der Waals surface area contributed by atoms with Crippen molar-refractivity contribution >= 4 is 61.4 Å². The Morgan fingerprint density at radius 3 is 2.67 bits per heavy atom. The molecule has 0 radical (unpaired) electrons. The molecule has 0 unspecified atom stereocenters. The number of hydrogen-bond donors (Lipinski definition) is 1. The zero-order valence-electron chi connectivity index (χ0n) is 15.1. The summed E-state index contributed by atoms with van der Waals surface area (Å²) in [6, 6.07) is 4.48. The minimum absolute atomic E-state index is 0.239. The van der Waals surface area contributed by atoms with Crippen LogP contribution in [0.5, 0.6) is 5.75 Å². The maximum Gasteiger partial charge on any atom is 0.246 e. The average molecular weight is 451 g/mol. The molecule has 1 heterocycles. The van der Waals surface area contributed by atoms with E-state index >= 15 is 0 Å². The van der Waals surface area contributed by atoms with Crippen LogP contribution in [0.15, 0.2) is 22.5 Å². The number of ether oxygens (including phenoxy) is 1. The summed E-state index contributed by atoms with van der Waals surface area (Å²) < 4.78 is 31.0. The van der Waals surface area contributed by atoms with E-state index in [1.165, 1.54) is 48.4 Å². The first kappa shape index (κ1) is 21.7. The molecule has 0 fully saturated rings. The first-order chi connectivity index (χ1) is 12.6. The summed E-state index contributed by atoms with van der Waals surface area (Å²) in [4.78, 5) is 12.3. The number of rotatable bonds is 8. The van der Waals surface area contributed by atoms with Crippen LogP contribution < -0.4 is 14.4 Å². The lowest BCUT2D eigenvalue weighted by atomic mass is 10.3. The van der Waals surface area contributed by atoms with Gasteiger partial charge in [-0.3, -0.25) is 14.4 Å². The Balaban J connectivity index is 2.15. The first-order valence-corrected chi connectivity index (χ1v) is 11.6. The number of nitrogens with one attached hydrogen (secondary N) is 1. The first-order valence-electron chi connectivity index (χ1n) is 7.71. The largest absolute Gasteiger partial charge is 0.495 e. The van der Waals surface area contributed by atoms with E-state index in [0.29, 0.717) is 16.1 Å². The third-order valence-electron chi connectivity index (χ3n) is 3.10. The van der Waals surface area contributed by atoms with Crippen LogP contribution in [-0.2, 0) is 14.8 Å². The van der Waals surface area contributed by atoms with Crippen molar-refractivity contribution in [2.75, 3.05) is 29.5 Å². The molecule has 12 heteroatoms. The highest BCUT2D eigenvalue weighted by Crippen LogP contribution is 2.31. The van der Waals surface area contributed by atoms with Crippen LogP contribution in [-0.4, -0.2) is 49.7 Å². The van der Waals surface area contributed by atoms with E-state index in [0.717, 1.165) is 14.9 Å². The fraction of sp³-hybridized carbons (Fsp3) is 0.400. The second kappa shape index (κ2) is 9.09. The number of benzene rings is 1. The molecular formula is C15H19ClN4O4S3. The quantitative estimate of drug-likeness (QED) is 0.487. The number of carbonyl (C=O) groups is 1. The van der Waals surface area contributed by atoms with Gasteiger partial charge in [-0.05, 0) is 18.2 Å². The van der Waals surface area contributed by atoms with Crippen molar-refractivity contribution in [3.63, 3.8) is 0 Å². The SMILES string of the molecule is COc1ccc(N(CC(=O)Nc2nnc(SC(C)C)s2)S(C)(=O)=O)cc1Cl. The number of sulfonamides is 1. The lowest BCUT2D eigenvalue weighted by Crippen LogP contribution is -2.37. The number of halogens is 1. The van der Waals surface area contributed by atoms with Crippen molar-refractivity contribution in [3.8, 4) is 5.75 Å². The molecule has 0 aliphatic rings. The fourth-order valence-electron chi connectivity index (χ4n) is 2.01. The smallest absolute Gasteiger partial charge is 0.246 e. The second-order valence-electron chi connectivity index (χ2n) is 5.68. The predicted molar refractivity (Wildman–Crippen MR) is 110 cm³/mol. The Labute approximate surface area is 171 Å². The normalized spacial score (nSPS) is 11.5. The molecule has 1 amide bonds. The number of thioether (sulfide) groups is 1. The van der Waals surface area contributed by atoms with Gasteiger partial charge in [0.1, 0.15) is 12.3 Å². The third kappa shape index (κ3) is 6.23. The number of hydrogen-bond acceptors (Lipinski definition) is 8. The van der Waals surface area contributed by atoms with Crippen molar-refractivity contribution < 1.29 is 17.9 Å². The van der Waals surface area contributed by atoms with E-state index in [4.69, 9.17) is 16.3 Å². The molecule has 0 atom stereocenters. The number of anilines is 2. The Bertz CT molecular complexity index is 918. The van der Waals surface area contributed by atoms with Crippen molar-refractivity contribution in [1.29, 1.82) is 0 Å². The molecule has 1 N–H and O–H groups in total. The van der Waals surface area contributed by atoms with Crippen LogP contribution in [0.4, 0.5) is 10.8 Å². The summed E-state index contributed by atoms with van der Waals surface area (Å²) in [7, 11) is -2.26. The molecule has 0 saturated heterocycles. The molecule has 8 nitrogen and oxygen atoms in total. The van der Waals surface area contributed by atoms with E-state index in [-0.39, 0.29) is 10.7 Å². The summed E-state index contributed by atoms with van der Waals surface area (Å²) in [6.07, 6.45) is 1.01. The van der Waals surface area contributed by atoms with E-state index in [2.05, 4.69) is 15.5 Å². The van der Waals surface area contributed by atoms with Gasteiger partial charge in [0, 0.05) is 5.25 Å². The maximum absolute atomic E-state index is 12.3. The molecule has 27 heavy (non-hydrogen) atoms. The third-order valence-corrected chi connectivity index (χ3v) is 6.46. The van der Waals surface area contributed by atoms with Crippen molar-refractivity contribution in [3.05, 3.63) is 23.2 Å². The minimum Gasteiger partial charge on any atom is -0.495 e. The van der Waals surface area contributed by atoms with E-state index < -0.39 is 22.5 Å². The standard InChI is InChI=1S/C15H19ClN4O4S3/c1-9(2)25-15-19-18-14(26-15)17-13(21)8-20(27(4,22)23)10-5-6-12(24-3)11(16)7-10/h5-7,9H,8H2,1-4H3,(H,17,18,21). The number of nitrogens with zero attached hydrogens (tertiary/aromatic N) is 3. The summed E-state index contributed by atoms with van der Waals surface area (Å²) >= 11 is 8.83. The molecule has 2 rings (SSSR count). The molecule has 0 saturated carbocycles. The van der Waals surface area contributed by atoms with Crippen LogP contribution in [0.2, 0.25) is 5.02 Å². The van der Waals surface area contributed by atoms with Crippen molar-refractivity contribution in [2.24, 2.45) is 0 Å². The summed E-state index contributed by atoms with van der Waals surface area (Å²) in [5.74, 6) is -0.132. The van der Waals surface area contributed by atoms with Gasteiger partial charge in [-0.15, -0.1) is 10.2 Å². The van der Waals surface area contributed by atoms with Gasteiger partial charge in [0.2, 0.25) is 21.1 Å². The minimum atomic E-state index is -3.72. The van der Waals surface area contributed by atoms with Crippen molar-refractivity contribution in [2.45, 2.75) is 23.4 Å². The highest BCUT2D eigenvalue weighted by atomic mass is 35.5. The van der Waals surface area contributed by atoms with Gasteiger partial charge < -0.3 is 4.74 Å². The van der Waals surface area contributed by atoms with Crippen LogP contribution >= 0.6 is 34.7 Å². The topological polar surface area (TPSA) is 101 Å². The number of aromatic nitrogens is 2. The molecule has 0 spiro atoms. The molecular weight excluding hydrogens is 432 g/mol. The van der Waals surface area contributed by atoms with Gasteiger partial charge in [0.15, 0.2) is 4.34 Å². The summed E-state index contributed by atoms with van der Waals surface area (Å²) in [5, 5.41) is 11.3. The number of carbonyl (C=O) groups excluding carboxylic acids is 1. The Kier molecular flexibility index (Phi) is 7.32. The lowest BCUT2D eigenvalue weighted by molar-refractivity contribution is -0.114. The molecule has 1 aromatic carbocycles. The average Bonchev–Trinajstić information content (AvgIpc) is 2.97. The molecule has 0 aliphatic carbocycles. The second-order valence-corrected chi connectivity index (χ2v) is 10.8. The molecule has 2 aromatic rings.